The Morgan fingerprint density at radius 2 is 2.07 bits per heavy atom. The van der Waals surface area contributed by atoms with Crippen molar-refractivity contribution in [1.82, 2.24) is 4.90 Å². The predicted octanol–water partition coefficient (Wildman–Crippen LogP) is 0.584. The molecule has 2 aliphatic rings. The third-order valence-corrected chi connectivity index (χ3v) is 3.47. The standard InChI is InChI=1S/C9H16N2O2.2ClH/c1-11-4-6-2-7(5-11)9(10,3-6)8(12)13;;/h6-7H,2-5,10H2,1H3,(H,12,13);2*1H/t6-,7-,9-;;/m0../s1. The third kappa shape index (κ3) is 2.38. The number of carbonyl (C=O) groups is 1. The van der Waals surface area contributed by atoms with E-state index in [0.717, 1.165) is 19.5 Å². The zero-order valence-corrected chi connectivity index (χ0v) is 10.3. The number of halogens is 2. The average Bonchev–Trinajstić information content (AvgIpc) is 2.24. The zero-order valence-electron chi connectivity index (χ0n) is 8.68. The molecule has 0 radical (unpaired) electrons. The molecule has 15 heavy (non-hydrogen) atoms. The maximum Gasteiger partial charge on any atom is 0.324 e. The normalized spacial score (nSPS) is 39.1. The Bertz CT molecular complexity index is 252. The van der Waals surface area contributed by atoms with Gasteiger partial charge < -0.3 is 15.7 Å². The minimum atomic E-state index is -0.949. The number of fused-ring (bicyclic) bond motifs is 2. The van der Waals surface area contributed by atoms with Crippen molar-refractivity contribution in [2.75, 3.05) is 20.1 Å². The predicted molar refractivity (Wildman–Crippen MR) is 62.8 cm³/mol. The van der Waals surface area contributed by atoms with Crippen molar-refractivity contribution in [3.05, 3.63) is 0 Å². The second kappa shape index (κ2) is 4.87. The van der Waals surface area contributed by atoms with Crippen molar-refractivity contribution in [3.8, 4) is 0 Å². The molecular formula is C9H18Cl2N2O2. The van der Waals surface area contributed by atoms with E-state index in [4.69, 9.17) is 10.8 Å². The van der Waals surface area contributed by atoms with Crippen molar-refractivity contribution in [1.29, 1.82) is 0 Å². The van der Waals surface area contributed by atoms with E-state index in [1.54, 1.807) is 0 Å². The number of hydrogen-bond acceptors (Lipinski definition) is 3. The van der Waals surface area contributed by atoms with Crippen LogP contribution in [0.3, 0.4) is 0 Å². The molecule has 2 fully saturated rings. The van der Waals surface area contributed by atoms with Crippen LogP contribution < -0.4 is 5.73 Å². The Kier molecular flexibility index (Phi) is 4.86. The van der Waals surface area contributed by atoms with Crippen molar-refractivity contribution in [2.45, 2.75) is 18.4 Å². The number of nitrogens with zero attached hydrogens (tertiary/aromatic N) is 1. The molecule has 0 unspecified atom stereocenters. The van der Waals surface area contributed by atoms with Crippen molar-refractivity contribution >= 4 is 30.8 Å². The van der Waals surface area contributed by atoms with Gasteiger partial charge in [0, 0.05) is 19.0 Å². The van der Waals surface area contributed by atoms with Crippen LogP contribution >= 0.6 is 24.8 Å². The Hall–Kier alpha value is -0.0300. The fraction of sp³-hybridized carbons (Fsp3) is 0.889. The highest BCUT2D eigenvalue weighted by molar-refractivity contribution is 5.85. The summed E-state index contributed by atoms with van der Waals surface area (Å²) in [6.45, 7) is 1.84. The van der Waals surface area contributed by atoms with Gasteiger partial charge in [-0.3, -0.25) is 4.79 Å². The largest absolute Gasteiger partial charge is 0.480 e. The lowest BCUT2D eigenvalue weighted by Gasteiger charge is -2.31. The molecule has 0 aromatic heterocycles. The molecule has 1 heterocycles. The number of hydrogen-bond donors (Lipinski definition) is 2. The van der Waals surface area contributed by atoms with Crippen LogP contribution in [0.1, 0.15) is 12.8 Å². The fourth-order valence-electron chi connectivity index (χ4n) is 2.87. The zero-order chi connectivity index (χ0) is 9.64. The van der Waals surface area contributed by atoms with Crippen LogP contribution in [0.15, 0.2) is 0 Å². The number of nitrogens with two attached hydrogens (primary N) is 1. The molecule has 1 aliphatic carbocycles. The van der Waals surface area contributed by atoms with Crippen LogP contribution in [-0.4, -0.2) is 41.7 Å². The summed E-state index contributed by atoms with van der Waals surface area (Å²) in [6, 6.07) is 0. The quantitative estimate of drug-likeness (QED) is 0.721. The van der Waals surface area contributed by atoms with E-state index in [-0.39, 0.29) is 30.7 Å². The van der Waals surface area contributed by atoms with Gasteiger partial charge in [-0.15, -0.1) is 24.8 Å². The van der Waals surface area contributed by atoms with Crippen LogP contribution in [0.5, 0.6) is 0 Å². The molecule has 0 amide bonds. The Labute approximate surface area is 102 Å². The van der Waals surface area contributed by atoms with Crippen LogP contribution in [0.4, 0.5) is 0 Å². The van der Waals surface area contributed by atoms with Crippen molar-refractivity contribution < 1.29 is 9.90 Å². The molecule has 0 spiro atoms. The first-order valence-corrected chi connectivity index (χ1v) is 4.73. The van der Waals surface area contributed by atoms with Crippen molar-refractivity contribution in [3.63, 3.8) is 0 Å². The Balaban J connectivity index is 0.000000980. The first-order chi connectivity index (χ1) is 6.02. The summed E-state index contributed by atoms with van der Waals surface area (Å²) in [4.78, 5) is 13.2. The van der Waals surface area contributed by atoms with Gasteiger partial charge in [-0.05, 0) is 25.8 Å². The van der Waals surface area contributed by atoms with Gasteiger partial charge in [-0.1, -0.05) is 0 Å². The summed E-state index contributed by atoms with van der Waals surface area (Å²) in [7, 11) is 2.03. The summed E-state index contributed by atoms with van der Waals surface area (Å²) in [5, 5.41) is 9.06. The van der Waals surface area contributed by atoms with Gasteiger partial charge in [0.1, 0.15) is 5.54 Å². The van der Waals surface area contributed by atoms with Gasteiger partial charge in [0.2, 0.25) is 0 Å². The number of likely N-dealkylation sites (tertiary alicyclic amines) is 1. The van der Waals surface area contributed by atoms with Gasteiger partial charge in [-0.2, -0.15) is 0 Å². The number of piperidine rings is 1. The van der Waals surface area contributed by atoms with Gasteiger partial charge in [0.05, 0.1) is 0 Å². The lowest BCUT2D eigenvalue weighted by atomic mass is 9.88. The Morgan fingerprint density at radius 3 is 2.60 bits per heavy atom. The van der Waals surface area contributed by atoms with E-state index < -0.39 is 11.5 Å². The smallest absolute Gasteiger partial charge is 0.324 e. The van der Waals surface area contributed by atoms with Crippen molar-refractivity contribution in [2.24, 2.45) is 17.6 Å². The average molecular weight is 257 g/mol. The highest BCUT2D eigenvalue weighted by Gasteiger charge is 2.52. The molecule has 6 heteroatoms. The summed E-state index contributed by atoms with van der Waals surface area (Å²) >= 11 is 0. The molecule has 2 rings (SSSR count). The topological polar surface area (TPSA) is 66.6 Å². The van der Waals surface area contributed by atoms with Gasteiger partial charge in [0.15, 0.2) is 0 Å². The lowest BCUT2D eigenvalue weighted by molar-refractivity contribution is -0.144. The van der Waals surface area contributed by atoms with E-state index in [9.17, 15) is 4.79 Å². The van der Waals surface area contributed by atoms with E-state index in [2.05, 4.69) is 4.90 Å². The van der Waals surface area contributed by atoms with Gasteiger partial charge in [-0.25, -0.2) is 0 Å². The summed E-state index contributed by atoms with van der Waals surface area (Å²) in [6.07, 6.45) is 1.64. The number of carboxylic acids is 1. The molecule has 1 saturated carbocycles. The first kappa shape index (κ1) is 15.0. The van der Waals surface area contributed by atoms with Crippen LogP contribution in [-0.2, 0) is 4.79 Å². The van der Waals surface area contributed by atoms with E-state index in [1.807, 2.05) is 7.05 Å². The highest BCUT2D eigenvalue weighted by atomic mass is 35.5. The minimum absolute atomic E-state index is 0. The molecular weight excluding hydrogens is 239 g/mol. The molecule has 0 aromatic rings. The molecule has 2 bridgehead atoms. The number of aliphatic carboxylic acids is 1. The minimum Gasteiger partial charge on any atom is -0.480 e. The van der Waals surface area contributed by atoms with Gasteiger partial charge >= 0.3 is 5.97 Å². The van der Waals surface area contributed by atoms with E-state index >= 15 is 0 Å². The lowest BCUT2D eigenvalue weighted by Crippen LogP contribution is -2.53. The van der Waals surface area contributed by atoms with E-state index in [1.165, 1.54) is 0 Å². The molecule has 1 saturated heterocycles. The van der Waals surface area contributed by atoms with Crippen LogP contribution in [0, 0.1) is 11.8 Å². The Morgan fingerprint density at radius 1 is 1.47 bits per heavy atom. The summed E-state index contributed by atoms with van der Waals surface area (Å²) in [5.41, 5.74) is 4.97. The molecule has 90 valence electrons. The van der Waals surface area contributed by atoms with Crippen LogP contribution in [0.25, 0.3) is 0 Å². The molecule has 3 atom stereocenters. The fourth-order valence-corrected chi connectivity index (χ4v) is 2.87. The summed E-state index contributed by atoms with van der Waals surface area (Å²) < 4.78 is 0. The first-order valence-electron chi connectivity index (χ1n) is 4.73. The van der Waals surface area contributed by atoms with Gasteiger partial charge in [0.25, 0.3) is 0 Å². The molecule has 1 aliphatic heterocycles. The molecule has 4 nitrogen and oxygen atoms in total. The summed E-state index contributed by atoms with van der Waals surface area (Å²) in [5.74, 6) is -0.186. The second-order valence-electron chi connectivity index (χ2n) is 4.57. The number of rotatable bonds is 1. The monoisotopic (exact) mass is 256 g/mol. The third-order valence-electron chi connectivity index (χ3n) is 3.47. The molecule has 0 aromatic carbocycles. The maximum atomic E-state index is 11.0. The SMILES string of the molecule is CN1C[C@H]2C[C@@H](C1)[C@](N)(C(=O)O)C2.Cl.Cl. The number of carboxylic acid groups (broad SMARTS) is 1. The highest BCUT2D eigenvalue weighted by Crippen LogP contribution is 2.42. The second-order valence-corrected chi connectivity index (χ2v) is 4.57. The maximum absolute atomic E-state index is 11.0. The molecule has 3 N–H and O–H groups in total. The van der Waals surface area contributed by atoms with Crippen LogP contribution in [0.2, 0.25) is 0 Å². The van der Waals surface area contributed by atoms with E-state index in [0.29, 0.717) is 12.3 Å².